The maximum absolute atomic E-state index is 14.0. The number of hydrogen-bond donors (Lipinski definition) is 3. The molecule has 0 unspecified atom stereocenters. The van der Waals surface area contributed by atoms with Gasteiger partial charge in [0.15, 0.2) is 0 Å². The van der Waals surface area contributed by atoms with Crippen molar-refractivity contribution in [1.82, 2.24) is 16.0 Å². The number of halogens is 3. The van der Waals surface area contributed by atoms with E-state index in [1.54, 1.807) is 18.2 Å². The number of carbonyl (C=O) groups is 1. The predicted molar refractivity (Wildman–Crippen MR) is 131 cm³/mol. The average molecular weight is 488 g/mol. The molecular formula is C26H32F3N5O. The molecule has 0 saturated carbocycles. The second-order valence-corrected chi connectivity index (χ2v) is 9.11. The summed E-state index contributed by atoms with van der Waals surface area (Å²) in [4.78, 5) is 14.7. The summed E-state index contributed by atoms with van der Waals surface area (Å²) in [5.74, 6) is -0.628. The van der Waals surface area contributed by atoms with Gasteiger partial charge in [-0.25, -0.2) is 0 Å². The lowest BCUT2D eigenvalue weighted by Crippen LogP contribution is -2.49. The molecule has 1 fully saturated rings. The summed E-state index contributed by atoms with van der Waals surface area (Å²) in [5.41, 5.74) is 2.88. The molecule has 1 amide bonds. The number of hydrogen-bond acceptors (Lipinski definition) is 5. The predicted octanol–water partition coefficient (Wildman–Crippen LogP) is 4.01. The SMILES string of the molecule is CC(C)C[C@H](N[C@@H](c1ccc(-c2ccc(N3CCNCC3)cc2)cc1)C(F)(F)F)C(=O)NCC#N. The van der Waals surface area contributed by atoms with Crippen LogP contribution in [0.1, 0.15) is 31.9 Å². The fourth-order valence-electron chi connectivity index (χ4n) is 4.21. The van der Waals surface area contributed by atoms with Crippen LogP contribution in [0.4, 0.5) is 18.9 Å². The van der Waals surface area contributed by atoms with E-state index in [1.165, 1.54) is 12.1 Å². The van der Waals surface area contributed by atoms with Crippen LogP contribution < -0.4 is 20.9 Å². The van der Waals surface area contributed by atoms with Gasteiger partial charge in [0.25, 0.3) is 0 Å². The van der Waals surface area contributed by atoms with E-state index >= 15 is 0 Å². The zero-order chi connectivity index (χ0) is 25.4. The molecule has 0 bridgehead atoms. The van der Waals surface area contributed by atoms with Gasteiger partial charge in [-0.15, -0.1) is 0 Å². The highest BCUT2D eigenvalue weighted by molar-refractivity contribution is 5.82. The molecule has 35 heavy (non-hydrogen) atoms. The van der Waals surface area contributed by atoms with Crippen molar-refractivity contribution in [1.29, 1.82) is 5.26 Å². The first-order chi connectivity index (χ1) is 16.7. The normalized spacial score (nSPS) is 16.0. The van der Waals surface area contributed by atoms with Gasteiger partial charge in [0.2, 0.25) is 5.91 Å². The molecule has 2 atom stereocenters. The van der Waals surface area contributed by atoms with E-state index in [-0.39, 0.29) is 24.4 Å². The number of nitrogens with zero attached hydrogens (tertiary/aromatic N) is 2. The Morgan fingerprint density at radius 1 is 1.06 bits per heavy atom. The van der Waals surface area contributed by atoms with E-state index in [0.29, 0.717) is 0 Å². The lowest BCUT2D eigenvalue weighted by atomic mass is 9.97. The maximum Gasteiger partial charge on any atom is 0.407 e. The summed E-state index contributed by atoms with van der Waals surface area (Å²) in [6, 6.07) is 12.9. The lowest BCUT2D eigenvalue weighted by molar-refractivity contribution is -0.161. The van der Waals surface area contributed by atoms with E-state index in [0.717, 1.165) is 43.0 Å². The highest BCUT2D eigenvalue weighted by Crippen LogP contribution is 2.35. The number of anilines is 1. The van der Waals surface area contributed by atoms with Crippen molar-refractivity contribution in [3.8, 4) is 17.2 Å². The van der Waals surface area contributed by atoms with Crippen LogP contribution in [0.2, 0.25) is 0 Å². The van der Waals surface area contributed by atoms with Gasteiger partial charge in [-0.3, -0.25) is 10.1 Å². The minimum atomic E-state index is -4.60. The van der Waals surface area contributed by atoms with Crippen LogP contribution in [-0.2, 0) is 4.79 Å². The number of piperazine rings is 1. The van der Waals surface area contributed by atoms with Gasteiger partial charge in [-0.1, -0.05) is 50.2 Å². The highest BCUT2D eigenvalue weighted by atomic mass is 19.4. The summed E-state index contributed by atoms with van der Waals surface area (Å²) < 4.78 is 42.0. The number of nitriles is 1. The van der Waals surface area contributed by atoms with Crippen molar-refractivity contribution >= 4 is 11.6 Å². The van der Waals surface area contributed by atoms with Gasteiger partial charge >= 0.3 is 6.18 Å². The second kappa shape index (κ2) is 12.0. The van der Waals surface area contributed by atoms with Gasteiger partial charge in [0.1, 0.15) is 12.6 Å². The Bertz CT molecular complexity index is 994. The van der Waals surface area contributed by atoms with Crippen LogP contribution in [0.25, 0.3) is 11.1 Å². The van der Waals surface area contributed by atoms with Crippen LogP contribution >= 0.6 is 0 Å². The molecule has 3 rings (SSSR count). The summed E-state index contributed by atoms with van der Waals surface area (Å²) in [5, 5.41) is 16.9. The lowest BCUT2D eigenvalue weighted by Gasteiger charge is -2.29. The van der Waals surface area contributed by atoms with Crippen LogP contribution in [0.15, 0.2) is 48.5 Å². The standard InChI is InChI=1S/C26H32F3N5O/c1-18(2)17-23(25(35)32-12-11-30)33-24(26(27,28)29)21-5-3-19(4-6-21)20-7-9-22(10-8-20)34-15-13-31-14-16-34/h3-10,18,23-24,31,33H,12-17H2,1-2H3,(H,32,35)/t23-,24-/m0/s1. The molecule has 0 aromatic heterocycles. The van der Waals surface area contributed by atoms with Crippen LogP contribution in [0.3, 0.4) is 0 Å². The molecule has 2 aromatic carbocycles. The molecule has 2 aromatic rings. The number of alkyl halides is 3. The van der Waals surface area contributed by atoms with Crippen LogP contribution in [0, 0.1) is 17.2 Å². The largest absolute Gasteiger partial charge is 0.407 e. The third-order valence-corrected chi connectivity index (χ3v) is 5.99. The van der Waals surface area contributed by atoms with Crippen molar-refractivity contribution in [2.75, 3.05) is 37.6 Å². The first kappa shape index (κ1) is 26.5. The number of rotatable bonds is 9. The van der Waals surface area contributed by atoms with Gasteiger partial charge in [0, 0.05) is 31.9 Å². The Labute approximate surface area is 204 Å². The maximum atomic E-state index is 14.0. The number of benzene rings is 2. The molecule has 9 heteroatoms. The molecular weight excluding hydrogens is 455 g/mol. The van der Waals surface area contributed by atoms with Gasteiger partial charge in [-0.05, 0) is 41.2 Å². The first-order valence-corrected chi connectivity index (χ1v) is 11.8. The van der Waals surface area contributed by atoms with Crippen molar-refractivity contribution < 1.29 is 18.0 Å². The van der Waals surface area contributed by atoms with E-state index < -0.39 is 24.2 Å². The Morgan fingerprint density at radius 2 is 1.63 bits per heavy atom. The number of nitrogens with one attached hydrogen (secondary N) is 3. The molecule has 188 valence electrons. The molecule has 1 saturated heterocycles. The average Bonchev–Trinajstić information content (AvgIpc) is 2.85. The Balaban J connectivity index is 1.77. The quantitative estimate of drug-likeness (QED) is 0.466. The Morgan fingerprint density at radius 3 is 2.14 bits per heavy atom. The fraction of sp³-hybridized carbons (Fsp3) is 0.462. The molecule has 6 nitrogen and oxygen atoms in total. The molecule has 0 spiro atoms. The Kier molecular flexibility index (Phi) is 9.13. The van der Waals surface area contributed by atoms with Crippen molar-refractivity contribution in [2.24, 2.45) is 5.92 Å². The van der Waals surface area contributed by atoms with E-state index in [4.69, 9.17) is 5.26 Å². The van der Waals surface area contributed by atoms with Crippen LogP contribution in [0.5, 0.6) is 0 Å². The zero-order valence-electron chi connectivity index (χ0n) is 20.0. The molecule has 3 N–H and O–H groups in total. The van der Waals surface area contributed by atoms with Gasteiger partial charge < -0.3 is 15.5 Å². The first-order valence-electron chi connectivity index (χ1n) is 11.8. The monoisotopic (exact) mass is 487 g/mol. The topological polar surface area (TPSA) is 80.2 Å². The van der Waals surface area contributed by atoms with Gasteiger partial charge in [0.05, 0.1) is 12.1 Å². The van der Waals surface area contributed by atoms with E-state index in [2.05, 4.69) is 20.9 Å². The van der Waals surface area contributed by atoms with Crippen molar-refractivity contribution in [2.45, 2.75) is 38.5 Å². The summed E-state index contributed by atoms with van der Waals surface area (Å²) in [6.45, 7) is 7.16. The third kappa shape index (κ3) is 7.44. The smallest absolute Gasteiger partial charge is 0.369 e. The minimum Gasteiger partial charge on any atom is -0.369 e. The molecule has 0 aliphatic carbocycles. The number of amides is 1. The molecule has 1 aliphatic heterocycles. The fourth-order valence-corrected chi connectivity index (χ4v) is 4.21. The molecule has 0 radical (unpaired) electrons. The zero-order valence-corrected chi connectivity index (χ0v) is 20.0. The second-order valence-electron chi connectivity index (χ2n) is 9.11. The van der Waals surface area contributed by atoms with E-state index in [9.17, 15) is 18.0 Å². The van der Waals surface area contributed by atoms with Gasteiger partial charge in [-0.2, -0.15) is 18.4 Å². The Hall–Kier alpha value is -3.09. The summed E-state index contributed by atoms with van der Waals surface area (Å²) in [6.07, 6.45) is -4.39. The molecule has 1 aliphatic rings. The van der Waals surface area contributed by atoms with Crippen LogP contribution in [-0.4, -0.2) is 50.8 Å². The van der Waals surface area contributed by atoms with Crippen molar-refractivity contribution in [3.63, 3.8) is 0 Å². The van der Waals surface area contributed by atoms with E-state index in [1.807, 2.05) is 38.1 Å². The van der Waals surface area contributed by atoms with Crippen molar-refractivity contribution in [3.05, 3.63) is 54.1 Å². The summed E-state index contributed by atoms with van der Waals surface area (Å²) in [7, 11) is 0. The molecule has 1 heterocycles. The highest BCUT2D eigenvalue weighted by Gasteiger charge is 2.42. The third-order valence-electron chi connectivity index (χ3n) is 5.99. The number of carbonyl (C=O) groups excluding carboxylic acids is 1. The minimum absolute atomic E-state index is 0.0132. The summed E-state index contributed by atoms with van der Waals surface area (Å²) >= 11 is 0.